The van der Waals surface area contributed by atoms with Gasteiger partial charge in [-0.2, -0.15) is 0 Å². The van der Waals surface area contributed by atoms with Crippen molar-refractivity contribution in [2.75, 3.05) is 6.61 Å². The Kier molecular flexibility index (Phi) is 6.56. The number of carbonyl (C=O) groups is 1. The van der Waals surface area contributed by atoms with Gasteiger partial charge in [0.2, 0.25) is 0 Å². The Morgan fingerprint density at radius 3 is 2.35 bits per heavy atom. The summed E-state index contributed by atoms with van der Waals surface area (Å²) >= 11 is 0. The van der Waals surface area contributed by atoms with Crippen LogP contribution in [0.5, 0.6) is 0 Å². The minimum atomic E-state index is -0.288. The highest BCUT2D eigenvalue weighted by molar-refractivity contribution is 5.73. The van der Waals surface area contributed by atoms with E-state index in [4.69, 9.17) is 4.74 Å². The number of hydrogen-bond donors (Lipinski definition) is 2. The van der Waals surface area contributed by atoms with Gasteiger partial charge in [-0.25, -0.2) is 9.18 Å². The standard InChI is InChI=1S/C18H21FN2O2/c1-2-23-13-16-6-4-3-5-15(16)12-21-18(22)20-11-14-7-9-17(19)10-8-14/h3-10H,2,11-13H2,1H3,(H2,20,21,22). The van der Waals surface area contributed by atoms with Crippen LogP contribution < -0.4 is 10.6 Å². The maximum Gasteiger partial charge on any atom is 0.315 e. The molecule has 0 saturated carbocycles. The minimum absolute atomic E-state index is 0.263. The fourth-order valence-electron chi connectivity index (χ4n) is 2.11. The maximum absolute atomic E-state index is 12.8. The molecular formula is C18H21FN2O2. The molecule has 0 spiro atoms. The molecule has 2 aromatic carbocycles. The van der Waals surface area contributed by atoms with Gasteiger partial charge in [-0.15, -0.1) is 0 Å². The van der Waals surface area contributed by atoms with Crippen LogP contribution in [-0.2, 0) is 24.4 Å². The van der Waals surface area contributed by atoms with Gasteiger partial charge < -0.3 is 15.4 Å². The summed E-state index contributed by atoms with van der Waals surface area (Å²) in [7, 11) is 0. The molecule has 0 saturated heterocycles. The molecule has 0 radical (unpaired) electrons. The highest BCUT2D eigenvalue weighted by atomic mass is 19.1. The molecule has 0 aliphatic rings. The number of carbonyl (C=O) groups excluding carboxylic acids is 1. The van der Waals surface area contributed by atoms with E-state index in [0.29, 0.717) is 26.3 Å². The second-order valence-corrected chi connectivity index (χ2v) is 5.07. The summed E-state index contributed by atoms with van der Waals surface area (Å²) in [6.07, 6.45) is 0. The smallest absolute Gasteiger partial charge is 0.315 e. The van der Waals surface area contributed by atoms with Gasteiger partial charge in [0.15, 0.2) is 0 Å². The predicted octanol–water partition coefficient (Wildman–Crippen LogP) is 3.36. The van der Waals surface area contributed by atoms with Crippen molar-refractivity contribution in [1.82, 2.24) is 10.6 Å². The van der Waals surface area contributed by atoms with E-state index >= 15 is 0 Å². The zero-order valence-corrected chi connectivity index (χ0v) is 13.1. The van der Waals surface area contributed by atoms with E-state index in [1.807, 2.05) is 31.2 Å². The molecule has 23 heavy (non-hydrogen) atoms. The third-order valence-corrected chi connectivity index (χ3v) is 3.39. The van der Waals surface area contributed by atoms with Gasteiger partial charge >= 0.3 is 6.03 Å². The van der Waals surface area contributed by atoms with Crippen LogP contribution in [0.4, 0.5) is 9.18 Å². The molecule has 0 aromatic heterocycles. The van der Waals surface area contributed by atoms with Crippen molar-refractivity contribution >= 4 is 6.03 Å². The highest BCUT2D eigenvalue weighted by Crippen LogP contribution is 2.10. The van der Waals surface area contributed by atoms with Crippen molar-refractivity contribution in [3.8, 4) is 0 Å². The van der Waals surface area contributed by atoms with E-state index in [0.717, 1.165) is 16.7 Å². The lowest BCUT2D eigenvalue weighted by atomic mass is 10.1. The number of ether oxygens (including phenoxy) is 1. The zero-order chi connectivity index (χ0) is 16.5. The zero-order valence-electron chi connectivity index (χ0n) is 13.1. The highest BCUT2D eigenvalue weighted by Gasteiger charge is 2.05. The van der Waals surface area contributed by atoms with Gasteiger partial charge in [-0.1, -0.05) is 36.4 Å². The summed E-state index contributed by atoms with van der Waals surface area (Å²) < 4.78 is 18.2. The number of halogens is 1. The van der Waals surface area contributed by atoms with Gasteiger partial charge in [0.1, 0.15) is 5.82 Å². The van der Waals surface area contributed by atoms with Crippen molar-refractivity contribution in [3.05, 3.63) is 71.0 Å². The SMILES string of the molecule is CCOCc1ccccc1CNC(=O)NCc1ccc(F)cc1. The number of benzene rings is 2. The first-order valence-corrected chi connectivity index (χ1v) is 7.59. The lowest BCUT2D eigenvalue weighted by molar-refractivity contribution is 0.133. The molecule has 122 valence electrons. The summed E-state index contributed by atoms with van der Waals surface area (Å²) in [5.74, 6) is -0.288. The van der Waals surface area contributed by atoms with Crippen molar-refractivity contribution in [3.63, 3.8) is 0 Å². The summed E-state index contributed by atoms with van der Waals surface area (Å²) in [6.45, 7) is 3.92. The van der Waals surface area contributed by atoms with E-state index in [-0.39, 0.29) is 11.8 Å². The van der Waals surface area contributed by atoms with E-state index in [9.17, 15) is 9.18 Å². The second kappa shape index (κ2) is 8.90. The average molecular weight is 316 g/mol. The average Bonchev–Trinajstić information content (AvgIpc) is 2.58. The summed E-state index contributed by atoms with van der Waals surface area (Å²) in [5.41, 5.74) is 2.93. The van der Waals surface area contributed by atoms with E-state index in [2.05, 4.69) is 10.6 Å². The van der Waals surface area contributed by atoms with Gasteiger partial charge in [0.25, 0.3) is 0 Å². The number of hydrogen-bond acceptors (Lipinski definition) is 2. The first kappa shape index (κ1) is 17.0. The third-order valence-electron chi connectivity index (χ3n) is 3.39. The molecule has 2 rings (SSSR count). The molecule has 0 fully saturated rings. The van der Waals surface area contributed by atoms with Crippen molar-refractivity contribution < 1.29 is 13.9 Å². The van der Waals surface area contributed by atoms with E-state index in [1.54, 1.807) is 12.1 Å². The van der Waals surface area contributed by atoms with Gasteiger partial charge in [0.05, 0.1) is 6.61 Å². The predicted molar refractivity (Wildman–Crippen MR) is 87.2 cm³/mol. The van der Waals surface area contributed by atoms with E-state index < -0.39 is 0 Å². The molecule has 2 aromatic rings. The third kappa shape index (κ3) is 5.71. The maximum atomic E-state index is 12.8. The van der Waals surface area contributed by atoms with E-state index in [1.165, 1.54) is 12.1 Å². The molecule has 4 nitrogen and oxygen atoms in total. The normalized spacial score (nSPS) is 10.3. The van der Waals surface area contributed by atoms with Gasteiger partial charge in [-0.05, 0) is 35.7 Å². The molecule has 2 N–H and O–H groups in total. The summed E-state index contributed by atoms with van der Waals surface area (Å²) in [6, 6.07) is 13.6. The van der Waals surface area contributed by atoms with Gasteiger partial charge in [-0.3, -0.25) is 0 Å². The number of nitrogens with one attached hydrogen (secondary N) is 2. The molecule has 0 unspecified atom stereocenters. The van der Waals surface area contributed by atoms with Crippen LogP contribution in [0.25, 0.3) is 0 Å². The first-order chi connectivity index (χ1) is 11.2. The largest absolute Gasteiger partial charge is 0.377 e. The number of amides is 2. The minimum Gasteiger partial charge on any atom is -0.377 e. The Hall–Kier alpha value is -2.40. The molecule has 0 aliphatic carbocycles. The Morgan fingerprint density at radius 2 is 1.65 bits per heavy atom. The van der Waals surface area contributed by atoms with Crippen LogP contribution in [0.2, 0.25) is 0 Å². The van der Waals surface area contributed by atoms with Crippen LogP contribution in [0.1, 0.15) is 23.6 Å². The Labute approximate surface area is 135 Å². The lowest BCUT2D eigenvalue weighted by Gasteiger charge is -2.11. The number of urea groups is 1. The van der Waals surface area contributed by atoms with Crippen LogP contribution in [-0.4, -0.2) is 12.6 Å². The monoisotopic (exact) mass is 316 g/mol. The second-order valence-electron chi connectivity index (χ2n) is 5.07. The topological polar surface area (TPSA) is 50.4 Å². The molecule has 2 amide bonds. The van der Waals surface area contributed by atoms with Crippen LogP contribution in [0.15, 0.2) is 48.5 Å². The van der Waals surface area contributed by atoms with Crippen LogP contribution in [0, 0.1) is 5.82 Å². The summed E-state index contributed by atoms with van der Waals surface area (Å²) in [5, 5.41) is 5.57. The molecule has 5 heteroatoms. The molecule has 0 heterocycles. The Bertz CT molecular complexity index is 629. The first-order valence-electron chi connectivity index (χ1n) is 7.59. The molecular weight excluding hydrogens is 295 g/mol. The molecule has 0 atom stereocenters. The number of rotatable bonds is 7. The van der Waals surface area contributed by atoms with Crippen LogP contribution >= 0.6 is 0 Å². The fourth-order valence-corrected chi connectivity index (χ4v) is 2.11. The fraction of sp³-hybridized carbons (Fsp3) is 0.278. The quantitative estimate of drug-likeness (QED) is 0.823. The van der Waals surface area contributed by atoms with Crippen molar-refractivity contribution in [1.29, 1.82) is 0 Å². The summed E-state index contributed by atoms with van der Waals surface area (Å²) in [4.78, 5) is 11.9. The molecule has 0 bridgehead atoms. The lowest BCUT2D eigenvalue weighted by Crippen LogP contribution is -2.34. The van der Waals surface area contributed by atoms with Crippen molar-refractivity contribution in [2.45, 2.75) is 26.6 Å². The Balaban J connectivity index is 1.81. The van der Waals surface area contributed by atoms with Crippen LogP contribution in [0.3, 0.4) is 0 Å². The molecule has 0 aliphatic heterocycles. The Morgan fingerprint density at radius 1 is 1.00 bits per heavy atom. The van der Waals surface area contributed by atoms with Crippen molar-refractivity contribution in [2.24, 2.45) is 0 Å². The van der Waals surface area contributed by atoms with Gasteiger partial charge in [0, 0.05) is 19.7 Å².